The van der Waals surface area contributed by atoms with E-state index in [-0.39, 0.29) is 17.8 Å². The number of benzene rings is 2. The zero-order chi connectivity index (χ0) is 21.9. The zero-order valence-corrected chi connectivity index (χ0v) is 17.9. The maximum absolute atomic E-state index is 13.1. The molecule has 1 N–H and O–H groups in total. The third-order valence-electron chi connectivity index (χ3n) is 4.55. The Labute approximate surface area is 170 Å². The molecule has 2 aromatic carbocycles. The molecule has 0 aliphatic rings. The van der Waals surface area contributed by atoms with Crippen LogP contribution in [0.2, 0.25) is 0 Å². The fourth-order valence-corrected chi connectivity index (χ4v) is 4.59. The number of amides is 1. The molecule has 0 heterocycles. The molecule has 0 aromatic heterocycles. The summed E-state index contributed by atoms with van der Waals surface area (Å²) in [4.78, 5) is 23.6. The molecule has 0 spiro atoms. The highest BCUT2D eigenvalue weighted by Gasteiger charge is 2.32. The predicted octanol–water partition coefficient (Wildman–Crippen LogP) is 3.70. The van der Waals surface area contributed by atoms with Crippen LogP contribution < -0.4 is 9.62 Å². The van der Waals surface area contributed by atoms with Crippen LogP contribution in [0.3, 0.4) is 0 Å². The first-order chi connectivity index (χ1) is 13.5. The number of nitro benzene ring substituents is 1. The monoisotopic (exact) mass is 419 g/mol. The summed E-state index contributed by atoms with van der Waals surface area (Å²) in [5, 5.41) is 13.9. The number of nitrogens with zero attached hydrogens (tertiary/aromatic N) is 2. The van der Waals surface area contributed by atoms with E-state index in [0.717, 1.165) is 33.3 Å². The number of carbonyl (C=O) groups is 1. The number of hydrogen-bond donors (Lipinski definition) is 1. The number of sulfonamides is 1. The van der Waals surface area contributed by atoms with Gasteiger partial charge in [0, 0.05) is 17.8 Å². The van der Waals surface area contributed by atoms with Crippen LogP contribution in [0, 0.1) is 30.9 Å². The quantitative estimate of drug-likeness (QED) is 0.543. The summed E-state index contributed by atoms with van der Waals surface area (Å²) in [6.07, 6.45) is 1.16. The summed E-state index contributed by atoms with van der Waals surface area (Å²) in [6.45, 7) is 7.37. The lowest BCUT2D eigenvalue weighted by atomic mass is 10.0. The molecule has 156 valence electrons. The molecule has 0 radical (unpaired) electrons. The van der Waals surface area contributed by atoms with Crippen LogP contribution >= 0.6 is 0 Å². The minimum Gasteiger partial charge on any atom is -0.324 e. The standard InChI is InChI=1S/C20H25N3O5S/c1-6-18(20(24)21-19-14(3)10-13(2)11-15(19)4)22(29(5,27)28)16-8-7-9-17(12-16)23(25)26/h7-12,18H,6H2,1-5H3,(H,21,24)/t18-/m0/s1. The van der Waals surface area contributed by atoms with Crippen molar-refractivity contribution in [1.29, 1.82) is 0 Å². The summed E-state index contributed by atoms with van der Waals surface area (Å²) >= 11 is 0. The Balaban J connectivity index is 2.48. The molecule has 2 rings (SSSR count). The fourth-order valence-electron chi connectivity index (χ4n) is 3.39. The van der Waals surface area contributed by atoms with Crippen LogP contribution in [0.25, 0.3) is 0 Å². The Hall–Kier alpha value is -2.94. The summed E-state index contributed by atoms with van der Waals surface area (Å²) < 4.78 is 26.0. The van der Waals surface area contributed by atoms with Gasteiger partial charge in [-0.15, -0.1) is 0 Å². The van der Waals surface area contributed by atoms with E-state index < -0.39 is 26.9 Å². The lowest BCUT2D eigenvalue weighted by Gasteiger charge is -2.30. The van der Waals surface area contributed by atoms with Crippen molar-refractivity contribution in [2.75, 3.05) is 15.9 Å². The maximum Gasteiger partial charge on any atom is 0.271 e. The van der Waals surface area contributed by atoms with Gasteiger partial charge in [-0.25, -0.2) is 8.42 Å². The minimum absolute atomic E-state index is 0.0704. The Morgan fingerprint density at radius 3 is 2.24 bits per heavy atom. The van der Waals surface area contributed by atoms with Crippen LogP contribution in [-0.2, 0) is 14.8 Å². The van der Waals surface area contributed by atoms with Gasteiger partial charge in [0.2, 0.25) is 15.9 Å². The van der Waals surface area contributed by atoms with Gasteiger partial charge in [0.05, 0.1) is 16.9 Å². The molecule has 0 saturated heterocycles. The Morgan fingerprint density at radius 1 is 1.17 bits per heavy atom. The Morgan fingerprint density at radius 2 is 1.76 bits per heavy atom. The molecule has 0 saturated carbocycles. The largest absolute Gasteiger partial charge is 0.324 e. The van der Waals surface area contributed by atoms with Crippen LogP contribution in [0.15, 0.2) is 36.4 Å². The van der Waals surface area contributed by atoms with Gasteiger partial charge in [-0.1, -0.05) is 30.7 Å². The number of anilines is 2. The smallest absolute Gasteiger partial charge is 0.271 e. The van der Waals surface area contributed by atoms with E-state index in [1.165, 1.54) is 18.2 Å². The van der Waals surface area contributed by atoms with Gasteiger partial charge in [0.15, 0.2) is 0 Å². The maximum atomic E-state index is 13.1. The third kappa shape index (κ3) is 5.11. The Kier molecular flexibility index (Phi) is 6.63. The van der Waals surface area contributed by atoms with E-state index in [9.17, 15) is 23.3 Å². The van der Waals surface area contributed by atoms with Crippen molar-refractivity contribution in [2.24, 2.45) is 0 Å². The molecule has 8 nitrogen and oxygen atoms in total. The van der Waals surface area contributed by atoms with Crippen molar-refractivity contribution in [1.82, 2.24) is 0 Å². The SMILES string of the molecule is CC[C@@H](C(=O)Nc1c(C)cc(C)cc1C)N(c1cccc([N+](=O)[O-])c1)S(C)(=O)=O. The van der Waals surface area contributed by atoms with Gasteiger partial charge in [0.25, 0.3) is 5.69 Å². The summed E-state index contributed by atoms with van der Waals surface area (Å²) in [6, 6.07) is 8.05. The van der Waals surface area contributed by atoms with Crippen LogP contribution in [0.5, 0.6) is 0 Å². The van der Waals surface area contributed by atoms with Crippen molar-refractivity contribution >= 4 is 33.0 Å². The second kappa shape index (κ2) is 8.60. The molecular weight excluding hydrogens is 394 g/mol. The van der Waals surface area contributed by atoms with E-state index in [1.807, 2.05) is 32.9 Å². The Bertz CT molecular complexity index is 1030. The van der Waals surface area contributed by atoms with Gasteiger partial charge in [-0.2, -0.15) is 0 Å². The number of hydrogen-bond acceptors (Lipinski definition) is 5. The van der Waals surface area contributed by atoms with Crippen molar-refractivity contribution in [3.8, 4) is 0 Å². The summed E-state index contributed by atoms with van der Waals surface area (Å²) in [7, 11) is -3.89. The van der Waals surface area contributed by atoms with E-state index in [1.54, 1.807) is 6.92 Å². The fraction of sp³-hybridized carbons (Fsp3) is 0.350. The molecule has 0 aliphatic heterocycles. The average molecular weight is 420 g/mol. The molecule has 1 amide bonds. The van der Waals surface area contributed by atoms with Crippen molar-refractivity contribution < 1.29 is 18.1 Å². The number of carbonyl (C=O) groups excluding carboxylic acids is 1. The van der Waals surface area contributed by atoms with E-state index in [4.69, 9.17) is 0 Å². The summed E-state index contributed by atoms with van der Waals surface area (Å²) in [5.41, 5.74) is 3.24. The van der Waals surface area contributed by atoms with E-state index in [2.05, 4.69) is 5.32 Å². The molecule has 1 atom stereocenters. The molecule has 9 heteroatoms. The second-order valence-corrected chi connectivity index (χ2v) is 8.88. The third-order valence-corrected chi connectivity index (χ3v) is 5.73. The van der Waals surface area contributed by atoms with Gasteiger partial charge < -0.3 is 5.32 Å². The van der Waals surface area contributed by atoms with Gasteiger partial charge in [0.1, 0.15) is 6.04 Å². The highest BCUT2D eigenvalue weighted by atomic mass is 32.2. The number of aryl methyl sites for hydroxylation is 3. The second-order valence-electron chi connectivity index (χ2n) is 7.02. The van der Waals surface area contributed by atoms with Crippen molar-refractivity contribution in [2.45, 2.75) is 40.2 Å². The van der Waals surface area contributed by atoms with Crippen LogP contribution in [0.4, 0.5) is 17.1 Å². The lowest BCUT2D eigenvalue weighted by molar-refractivity contribution is -0.384. The number of rotatable bonds is 7. The van der Waals surface area contributed by atoms with Crippen LogP contribution in [0.1, 0.15) is 30.0 Å². The van der Waals surface area contributed by atoms with Crippen molar-refractivity contribution in [3.05, 3.63) is 63.2 Å². The first-order valence-corrected chi connectivity index (χ1v) is 10.9. The van der Waals surface area contributed by atoms with Crippen LogP contribution in [-0.4, -0.2) is 31.5 Å². The molecule has 0 bridgehead atoms. The first-order valence-electron chi connectivity index (χ1n) is 9.08. The topological polar surface area (TPSA) is 110 Å². The van der Waals surface area contributed by atoms with E-state index >= 15 is 0 Å². The number of non-ortho nitro benzene ring substituents is 1. The van der Waals surface area contributed by atoms with Gasteiger partial charge in [-0.05, 0) is 44.4 Å². The highest BCUT2D eigenvalue weighted by molar-refractivity contribution is 7.92. The minimum atomic E-state index is -3.89. The van der Waals surface area contributed by atoms with Gasteiger partial charge >= 0.3 is 0 Å². The molecule has 29 heavy (non-hydrogen) atoms. The van der Waals surface area contributed by atoms with Gasteiger partial charge in [-0.3, -0.25) is 19.2 Å². The predicted molar refractivity (Wildman–Crippen MR) is 114 cm³/mol. The average Bonchev–Trinajstić information content (AvgIpc) is 2.61. The molecule has 2 aromatic rings. The normalized spacial score (nSPS) is 12.3. The molecule has 0 unspecified atom stereocenters. The lowest BCUT2D eigenvalue weighted by Crippen LogP contribution is -2.47. The number of nitro groups is 1. The van der Waals surface area contributed by atoms with Crippen molar-refractivity contribution in [3.63, 3.8) is 0 Å². The number of nitrogens with one attached hydrogen (secondary N) is 1. The molecular formula is C20H25N3O5S. The molecule has 0 fully saturated rings. The highest BCUT2D eigenvalue weighted by Crippen LogP contribution is 2.28. The first kappa shape index (κ1) is 22.4. The summed E-state index contributed by atoms with van der Waals surface area (Å²) in [5.74, 6) is -0.500. The molecule has 0 aliphatic carbocycles. The van der Waals surface area contributed by atoms with E-state index in [0.29, 0.717) is 5.69 Å². The zero-order valence-electron chi connectivity index (χ0n) is 17.1.